The molecule has 0 unspecified atom stereocenters. The zero-order valence-corrected chi connectivity index (χ0v) is 25.5. The first-order chi connectivity index (χ1) is 16.9. The van der Waals surface area contributed by atoms with Gasteiger partial charge in [-0.2, -0.15) is 0 Å². The SMILES string of the molecule is CCC1=CC(=O)NC1=O.CCC1=CC(=O)NC1=O.CCCCCCC[CH2][Sn][CH2]CCCCCCC. The number of imide groups is 2. The van der Waals surface area contributed by atoms with E-state index < -0.39 is 0 Å². The molecule has 6 nitrogen and oxygen atoms in total. The number of amides is 4. The van der Waals surface area contributed by atoms with Gasteiger partial charge in [-0.3, -0.25) is 29.8 Å². The maximum atomic E-state index is 10.6. The third-order valence-electron chi connectivity index (χ3n) is 5.84. The number of nitrogens with one attached hydrogen (secondary N) is 2. The van der Waals surface area contributed by atoms with Crippen LogP contribution in [-0.2, 0) is 19.2 Å². The number of hydrogen-bond donors (Lipinski definition) is 2. The Morgan fingerprint density at radius 2 is 0.886 bits per heavy atom. The fraction of sp³-hybridized carbons (Fsp3) is 0.714. The molecule has 0 aliphatic carbocycles. The van der Waals surface area contributed by atoms with E-state index in [2.05, 4.69) is 24.5 Å². The molecule has 2 aliphatic rings. The summed E-state index contributed by atoms with van der Waals surface area (Å²) in [4.78, 5) is 42.1. The Kier molecular flexibility index (Phi) is 22.0. The van der Waals surface area contributed by atoms with Crippen LogP contribution in [0.4, 0.5) is 0 Å². The van der Waals surface area contributed by atoms with Gasteiger partial charge in [0, 0.05) is 23.3 Å². The van der Waals surface area contributed by atoms with Crippen LogP contribution in [0.1, 0.15) is 118 Å². The molecule has 2 aliphatic heterocycles. The predicted octanol–water partition coefficient (Wildman–Crippen LogP) is 6.21. The Bertz CT molecular complexity index is 643. The van der Waals surface area contributed by atoms with Crippen LogP contribution in [0.2, 0.25) is 8.87 Å². The first-order valence-electron chi connectivity index (χ1n) is 13.7. The molecule has 7 heteroatoms. The topological polar surface area (TPSA) is 92.3 Å². The van der Waals surface area contributed by atoms with Crippen molar-refractivity contribution >= 4 is 44.8 Å². The van der Waals surface area contributed by atoms with Gasteiger partial charge in [-0.25, -0.2) is 0 Å². The van der Waals surface area contributed by atoms with Crippen LogP contribution in [-0.4, -0.2) is 44.8 Å². The van der Waals surface area contributed by atoms with Gasteiger partial charge >= 0.3 is 121 Å². The first-order valence-corrected chi connectivity index (χ1v) is 17.8. The number of carbonyl (C=O) groups excluding carboxylic acids is 4. The van der Waals surface area contributed by atoms with Crippen LogP contribution in [0, 0.1) is 0 Å². The maximum absolute atomic E-state index is 10.6. The second-order valence-electron chi connectivity index (χ2n) is 8.97. The van der Waals surface area contributed by atoms with Crippen LogP contribution in [0.5, 0.6) is 0 Å². The van der Waals surface area contributed by atoms with Crippen LogP contribution in [0.3, 0.4) is 0 Å². The summed E-state index contributed by atoms with van der Waals surface area (Å²) in [6.45, 7) is 8.28. The molecule has 0 aromatic carbocycles. The molecular formula is C28H48N2O4Sn. The monoisotopic (exact) mass is 596 g/mol. The van der Waals surface area contributed by atoms with Gasteiger partial charge in [0.1, 0.15) is 0 Å². The number of rotatable bonds is 16. The van der Waals surface area contributed by atoms with E-state index in [-0.39, 0.29) is 44.8 Å². The molecule has 0 aromatic heterocycles. The Morgan fingerprint density at radius 1 is 0.543 bits per heavy atom. The molecule has 2 rings (SSSR count). The van der Waals surface area contributed by atoms with Gasteiger partial charge in [-0.15, -0.1) is 0 Å². The number of hydrogen-bond acceptors (Lipinski definition) is 4. The molecule has 2 heterocycles. The Morgan fingerprint density at radius 3 is 1.14 bits per heavy atom. The third kappa shape index (κ3) is 18.5. The van der Waals surface area contributed by atoms with E-state index in [0.29, 0.717) is 24.0 Å². The second kappa shape index (κ2) is 23.0. The molecular weight excluding hydrogens is 547 g/mol. The molecule has 0 fully saturated rings. The Labute approximate surface area is 223 Å². The zero-order chi connectivity index (χ0) is 26.3. The minimum absolute atomic E-state index is 0.0736. The van der Waals surface area contributed by atoms with Crippen LogP contribution in [0.25, 0.3) is 0 Å². The molecule has 4 amide bonds. The fourth-order valence-corrected chi connectivity index (χ4v) is 7.18. The van der Waals surface area contributed by atoms with Crippen LogP contribution in [0.15, 0.2) is 23.3 Å². The summed E-state index contributed by atoms with van der Waals surface area (Å²) in [6, 6.07) is 0. The quantitative estimate of drug-likeness (QED) is 0.126. The molecule has 2 N–H and O–H groups in total. The van der Waals surface area contributed by atoms with E-state index in [1.807, 2.05) is 13.8 Å². The average Bonchev–Trinajstić information content (AvgIpc) is 3.35. The van der Waals surface area contributed by atoms with Gasteiger partial charge in [-0.05, 0) is 12.8 Å². The predicted molar refractivity (Wildman–Crippen MR) is 145 cm³/mol. The number of carbonyl (C=O) groups is 4. The van der Waals surface area contributed by atoms with Gasteiger partial charge < -0.3 is 0 Å². The molecule has 0 saturated carbocycles. The van der Waals surface area contributed by atoms with Gasteiger partial charge in [0.25, 0.3) is 23.6 Å². The average molecular weight is 595 g/mol. The van der Waals surface area contributed by atoms with Gasteiger partial charge in [-0.1, -0.05) is 13.8 Å². The summed E-state index contributed by atoms with van der Waals surface area (Å²) in [5.41, 5.74) is 1.14. The summed E-state index contributed by atoms with van der Waals surface area (Å²) < 4.78 is 3.31. The van der Waals surface area contributed by atoms with E-state index in [9.17, 15) is 19.2 Å². The first kappa shape index (κ1) is 33.6. The van der Waals surface area contributed by atoms with Crippen molar-refractivity contribution in [1.82, 2.24) is 10.6 Å². The third-order valence-corrected chi connectivity index (χ3v) is 9.88. The summed E-state index contributed by atoms with van der Waals surface area (Å²) in [7, 11) is 0. The van der Waals surface area contributed by atoms with Crippen LogP contribution >= 0.6 is 0 Å². The molecule has 0 bridgehead atoms. The zero-order valence-electron chi connectivity index (χ0n) is 22.6. The van der Waals surface area contributed by atoms with Crippen molar-refractivity contribution in [3.8, 4) is 0 Å². The van der Waals surface area contributed by atoms with Gasteiger partial charge in [0.2, 0.25) is 0 Å². The van der Waals surface area contributed by atoms with Crippen LogP contribution < -0.4 is 10.6 Å². The van der Waals surface area contributed by atoms with E-state index in [4.69, 9.17) is 0 Å². The van der Waals surface area contributed by atoms with Crippen molar-refractivity contribution in [2.24, 2.45) is 0 Å². The number of unbranched alkanes of at least 4 members (excludes halogenated alkanes) is 10. The summed E-state index contributed by atoms with van der Waals surface area (Å²) in [5.74, 6) is -1.08. The van der Waals surface area contributed by atoms with Crippen molar-refractivity contribution < 1.29 is 19.2 Å². The summed E-state index contributed by atoms with van der Waals surface area (Å²) in [6.07, 6.45) is 21.7. The van der Waals surface area contributed by atoms with Gasteiger partial charge in [0.15, 0.2) is 0 Å². The standard InChI is InChI=1S/2C8H17.2C6H7NO2.Sn/c2*1-3-5-7-8-6-4-2;2*1-2-4-3-5(8)7-6(4)9;/h2*1,3-8H2,2H3;2*3H,2H2,1H3,(H,7,8,9);. The fourth-order valence-electron chi connectivity index (χ4n) is 3.62. The summed E-state index contributed by atoms with van der Waals surface area (Å²) >= 11 is 0.0736. The molecule has 0 atom stereocenters. The Hall–Kier alpha value is -1.44. The molecule has 0 aromatic rings. The molecule has 2 radical (unpaired) electrons. The normalized spacial score (nSPS) is 14.4. The Balaban J connectivity index is 0.000000538. The van der Waals surface area contributed by atoms with Crippen molar-refractivity contribution in [3.05, 3.63) is 23.3 Å². The van der Waals surface area contributed by atoms with E-state index in [1.54, 1.807) is 21.7 Å². The molecule has 198 valence electrons. The molecule has 0 saturated heterocycles. The minimum atomic E-state index is -0.295. The van der Waals surface area contributed by atoms with E-state index in [1.165, 1.54) is 76.4 Å². The summed E-state index contributed by atoms with van der Waals surface area (Å²) in [5, 5.41) is 4.29. The van der Waals surface area contributed by atoms with Crippen molar-refractivity contribution in [3.63, 3.8) is 0 Å². The second-order valence-corrected chi connectivity index (χ2v) is 13.2. The van der Waals surface area contributed by atoms with Crippen molar-refractivity contribution in [2.45, 2.75) is 126 Å². The molecule has 35 heavy (non-hydrogen) atoms. The van der Waals surface area contributed by atoms with E-state index in [0.717, 1.165) is 0 Å². The van der Waals surface area contributed by atoms with Crippen molar-refractivity contribution in [2.75, 3.05) is 0 Å². The van der Waals surface area contributed by atoms with E-state index >= 15 is 0 Å². The van der Waals surface area contributed by atoms with Gasteiger partial charge in [0.05, 0.1) is 0 Å². The van der Waals surface area contributed by atoms with Crippen molar-refractivity contribution in [1.29, 1.82) is 0 Å². The molecule has 0 spiro atoms.